The Morgan fingerprint density at radius 1 is 1.30 bits per heavy atom. The van der Waals surface area contributed by atoms with Gasteiger partial charge in [0.2, 0.25) is 0 Å². The third-order valence-electron chi connectivity index (χ3n) is 3.63. The highest BCUT2D eigenvalue weighted by Crippen LogP contribution is 2.35. The maximum absolute atomic E-state index is 11.8. The molecule has 1 heterocycles. The fourth-order valence-corrected chi connectivity index (χ4v) is 2.36. The van der Waals surface area contributed by atoms with Gasteiger partial charge >= 0.3 is 5.97 Å². The van der Waals surface area contributed by atoms with Crippen LogP contribution in [0.2, 0.25) is 0 Å². The summed E-state index contributed by atoms with van der Waals surface area (Å²) in [5.74, 6) is 0.448. The van der Waals surface area contributed by atoms with E-state index >= 15 is 0 Å². The van der Waals surface area contributed by atoms with Crippen molar-refractivity contribution >= 4 is 11.7 Å². The average Bonchev–Trinajstić information content (AvgIpc) is 2.74. The van der Waals surface area contributed by atoms with Gasteiger partial charge in [0.15, 0.2) is 6.10 Å². The van der Waals surface area contributed by atoms with Crippen LogP contribution in [0.25, 0.3) is 0 Å². The van der Waals surface area contributed by atoms with Crippen molar-refractivity contribution in [2.75, 3.05) is 26.1 Å². The van der Waals surface area contributed by atoms with Crippen LogP contribution in [0.4, 0.5) is 5.69 Å². The van der Waals surface area contributed by atoms with Gasteiger partial charge in [-0.05, 0) is 24.3 Å². The van der Waals surface area contributed by atoms with Crippen LogP contribution in [0.5, 0.6) is 5.75 Å². The highest BCUT2D eigenvalue weighted by Gasteiger charge is 2.47. The van der Waals surface area contributed by atoms with E-state index < -0.39 is 6.10 Å². The second-order valence-electron chi connectivity index (χ2n) is 5.59. The number of benzene rings is 1. The van der Waals surface area contributed by atoms with Crippen molar-refractivity contribution in [2.24, 2.45) is 5.41 Å². The zero-order valence-corrected chi connectivity index (χ0v) is 12.3. The maximum atomic E-state index is 11.8. The van der Waals surface area contributed by atoms with Gasteiger partial charge < -0.3 is 19.5 Å². The van der Waals surface area contributed by atoms with Crippen LogP contribution in [-0.4, -0.2) is 38.9 Å². The van der Waals surface area contributed by atoms with Crippen molar-refractivity contribution in [3.63, 3.8) is 0 Å². The Morgan fingerprint density at radius 3 is 2.50 bits per heavy atom. The standard InChI is InChI=1S/C15H21NO4/c1-15(2)9-20-12(14(17)19-4)13(15)16-10-5-7-11(18-3)8-6-10/h5-8,12-13,16H,9H2,1-4H3/t12-,13-/m0/s1. The third kappa shape index (κ3) is 2.88. The molecular formula is C15H21NO4. The fraction of sp³-hybridized carbons (Fsp3) is 0.533. The van der Waals surface area contributed by atoms with E-state index in [0.717, 1.165) is 11.4 Å². The van der Waals surface area contributed by atoms with Gasteiger partial charge in [0, 0.05) is 11.1 Å². The number of anilines is 1. The number of methoxy groups -OCH3 is 2. The molecule has 0 saturated carbocycles. The quantitative estimate of drug-likeness (QED) is 0.855. The Morgan fingerprint density at radius 2 is 1.95 bits per heavy atom. The molecule has 5 nitrogen and oxygen atoms in total. The summed E-state index contributed by atoms with van der Waals surface area (Å²) in [6.07, 6.45) is -0.586. The molecule has 1 fully saturated rings. The lowest BCUT2D eigenvalue weighted by atomic mass is 9.84. The summed E-state index contributed by atoms with van der Waals surface area (Å²) in [6.45, 7) is 4.65. The monoisotopic (exact) mass is 279 g/mol. The van der Waals surface area contributed by atoms with Crippen LogP contribution in [0.3, 0.4) is 0 Å². The highest BCUT2D eigenvalue weighted by atomic mass is 16.6. The fourth-order valence-electron chi connectivity index (χ4n) is 2.36. The minimum absolute atomic E-state index is 0.136. The molecule has 0 spiro atoms. The lowest BCUT2D eigenvalue weighted by Gasteiger charge is -2.29. The van der Waals surface area contributed by atoms with E-state index in [1.807, 2.05) is 24.3 Å². The summed E-state index contributed by atoms with van der Waals surface area (Å²) in [6, 6.07) is 7.45. The average molecular weight is 279 g/mol. The van der Waals surface area contributed by atoms with E-state index in [2.05, 4.69) is 19.2 Å². The number of hydrogen-bond acceptors (Lipinski definition) is 5. The smallest absolute Gasteiger partial charge is 0.337 e. The molecule has 1 saturated heterocycles. The Labute approximate surface area is 119 Å². The Hall–Kier alpha value is -1.75. The van der Waals surface area contributed by atoms with Crippen LogP contribution >= 0.6 is 0 Å². The molecule has 0 amide bonds. The highest BCUT2D eigenvalue weighted by molar-refractivity contribution is 5.77. The third-order valence-corrected chi connectivity index (χ3v) is 3.63. The van der Waals surface area contributed by atoms with Crippen LogP contribution in [-0.2, 0) is 14.3 Å². The molecule has 2 rings (SSSR count). The largest absolute Gasteiger partial charge is 0.497 e. The van der Waals surface area contributed by atoms with Gasteiger partial charge in [0.1, 0.15) is 5.75 Å². The number of carbonyl (C=O) groups is 1. The molecule has 1 aromatic carbocycles. The van der Waals surface area contributed by atoms with Crippen LogP contribution in [0.15, 0.2) is 24.3 Å². The molecule has 0 unspecified atom stereocenters. The van der Waals surface area contributed by atoms with Crippen molar-refractivity contribution in [2.45, 2.75) is 26.0 Å². The minimum Gasteiger partial charge on any atom is -0.497 e. The van der Waals surface area contributed by atoms with E-state index in [0.29, 0.717) is 6.61 Å². The van der Waals surface area contributed by atoms with Crippen LogP contribution in [0, 0.1) is 5.41 Å². The Bertz CT molecular complexity index is 469. The zero-order chi connectivity index (χ0) is 14.8. The first-order valence-electron chi connectivity index (χ1n) is 6.58. The molecular weight excluding hydrogens is 258 g/mol. The summed E-state index contributed by atoms with van der Waals surface area (Å²) in [5, 5.41) is 3.37. The van der Waals surface area contributed by atoms with E-state index in [4.69, 9.17) is 14.2 Å². The number of nitrogens with one attached hydrogen (secondary N) is 1. The van der Waals surface area contributed by atoms with Crippen molar-refractivity contribution in [1.82, 2.24) is 0 Å². The molecule has 1 N–H and O–H groups in total. The van der Waals surface area contributed by atoms with Crippen molar-refractivity contribution in [1.29, 1.82) is 0 Å². The van der Waals surface area contributed by atoms with Crippen molar-refractivity contribution < 1.29 is 19.0 Å². The van der Waals surface area contributed by atoms with Crippen LogP contribution < -0.4 is 10.1 Å². The normalized spacial score (nSPS) is 24.2. The predicted molar refractivity (Wildman–Crippen MR) is 75.9 cm³/mol. The molecule has 20 heavy (non-hydrogen) atoms. The van der Waals surface area contributed by atoms with Gasteiger partial charge in [0.05, 0.1) is 26.9 Å². The lowest BCUT2D eigenvalue weighted by Crippen LogP contribution is -2.43. The van der Waals surface area contributed by atoms with Crippen LogP contribution in [0.1, 0.15) is 13.8 Å². The number of esters is 1. The molecule has 5 heteroatoms. The van der Waals surface area contributed by atoms with Crippen molar-refractivity contribution in [3.8, 4) is 5.75 Å². The van der Waals surface area contributed by atoms with E-state index in [1.54, 1.807) is 7.11 Å². The first kappa shape index (κ1) is 14.7. The summed E-state index contributed by atoms with van der Waals surface area (Å²) < 4.78 is 15.5. The number of carbonyl (C=O) groups excluding carboxylic acids is 1. The predicted octanol–water partition coefficient (Wildman–Crippen LogP) is 2.07. The first-order valence-corrected chi connectivity index (χ1v) is 6.58. The SMILES string of the molecule is COC(=O)[C@H]1OCC(C)(C)[C@H]1Nc1ccc(OC)cc1. The molecule has 0 aliphatic carbocycles. The number of rotatable bonds is 4. The molecule has 0 aromatic heterocycles. The van der Waals surface area contributed by atoms with Gasteiger partial charge in [-0.2, -0.15) is 0 Å². The van der Waals surface area contributed by atoms with Gasteiger partial charge in [-0.3, -0.25) is 0 Å². The summed E-state index contributed by atoms with van der Waals surface area (Å²) in [7, 11) is 3.01. The number of ether oxygens (including phenoxy) is 3. The topological polar surface area (TPSA) is 56.8 Å². The molecule has 1 aliphatic heterocycles. The minimum atomic E-state index is -0.586. The molecule has 1 aromatic rings. The summed E-state index contributed by atoms with van der Waals surface area (Å²) in [5.41, 5.74) is 0.766. The summed E-state index contributed by atoms with van der Waals surface area (Å²) >= 11 is 0. The van der Waals surface area contributed by atoms with Crippen molar-refractivity contribution in [3.05, 3.63) is 24.3 Å². The summed E-state index contributed by atoms with van der Waals surface area (Å²) in [4.78, 5) is 11.8. The Kier molecular flexibility index (Phi) is 4.18. The second kappa shape index (κ2) is 5.71. The molecule has 110 valence electrons. The van der Waals surface area contributed by atoms with E-state index in [-0.39, 0.29) is 17.4 Å². The van der Waals surface area contributed by atoms with E-state index in [1.165, 1.54) is 7.11 Å². The second-order valence-corrected chi connectivity index (χ2v) is 5.59. The van der Waals surface area contributed by atoms with Gasteiger partial charge in [0.25, 0.3) is 0 Å². The van der Waals surface area contributed by atoms with Gasteiger partial charge in [-0.25, -0.2) is 4.79 Å². The van der Waals surface area contributed by atoms with E-state index in [9.17, 15) is 4.79 Å². The maximum Gasteiger partial charge on any atom is 0.337 e. The van der Waals surface area contributed by atoms with Gasteiger partial charge in [-0.15, -0.1) is 0 Å². The first-order chi connectivity index (χ1) is 9.47. The molecule has 0 radical (unpaired) electrons. The van der Waals surface area contributed by atoms with Gasteiger partial charge in [-0.1, -0.05) is 13.8 Å². The molecule has 2 atom stereocenters. The molecule has 0 bridgehead atoms. The Balaban J connectivity index is 2.16. The molecule has 1 aliphatic rings. The number of hydrogen-bond donors (Lipinski definition) is 1. The zero-order valence-electron chi connectivity index (χ0n) is 12.3. The lowest BCUT2D eigenvalue weighted by molar-refractivity contribution is -0.151.